The fraction of sp³-hybridized carbons (Fsp3) is 0.500. The van der Waals surface area contributed by atoms with Gasteiger partial charge < -0.3 is 15.2 Å². The minimum absolute atomic E-state index is 0.103. The Morgan fingerprint density at radius 1 is 1.33 bits per heavy atom. The van der Waals surface area contributed by atoms with Gasteiger partial charge in [0.1, 0.15) is 11.8 Å². The number of nitrogens with one attached hydrogen (secondary N) is 1. The molecule has 0 fully saturated rings. The molecule has 21 heavy (non-hydrogen) atoms. The number of hydrogen-bond acceptors (Lipinski definition) is 3. The maximum absolute atomic E-state index is 11.7. The monoisotopic (exact) mass is 293 g/mol. The number of aliphatic carboxylic acids is 1. The van der Waals surface area contributed by atoms with E-state index in [9.17, 15) is 9.59 Å². The van der Waals surface area contributed by atoms with Gasteiger partial charge in [-0.05, 0) is 36.5 Å². The zero-order valence-corrected chi connectivity index (χ0v) is 13.2. The van der Waals surface area contributed by atoms with E-state index in [1.807, 2.05) is 25.1 Å². The van der Waals surface area contributed by atoms with Crippen LogP contribution in [0.5, 0.6) is 5.75 Å². The van der Waals surface area contributed by atoms with Gasteiger partial charge in [-0.1, -0.05) is 32.9 Å². The van der Waals surface area contributed by atoms with Crippen LogP contribution < -0.4 is 10.1 Å². The van der Waals surface area contributed by atoms with E-state index in [1.54, 1.807) is 0 Å². The molecule has 0 unspecified atom stereocenters. The molecular formula is C16H23NO4. The number of carboxylic acid groups (broad SMARTS) is 1. The average Bonchev–Trinajstić information content (AvgIpc) is 2.34. The Labute approximate surface area is 125 Å². The van der Waals surface area contributed by atoms with E-state index < -0.39 is 17.9 Å². The van der Waals surface area contributed by atoms with Crippen LogP contribution in [0.3, 0.4) is 0 Å². The SMILES string of the molecule is Cc1ccc(C(C)(C)C)c(OCC(=O)N[C@H](C)C(=O)O)c1. The number of amides is 1. The Morgan fingerprint density at radius 2 is 1.95 bits per heavy atom. The molecule has 0 heterocycles. The van der Waals surface area contributed by atoms with Gasteiger partial charge in [0, 0.05) is 0 Å². The van der Waals surface area contributed by atoms with Crippen LogP contribution in [0, 0.1) is 6.92 Å². The van der Waals surface area contributed by atoms with E-state index in [-0.39, 0.29) is 12.0 Å². The van der Waals surface area contributed by atoms with E-state index in [2.05, 4.69) is 26.1 Å². The highest BCUT2D eigenvalue weighted by Gasteiger charge is 2.20. The standard InChI is InChI=1S/C16H23NO4/c1-10-6-7-12(16(3,4)5)13(8-10)21-9-14(18)17-11(2)15(19)20/h6-8,11H,9H2,1-5H3,(H,17,18)(H,19,20)/t11-/m1/s1. The van der Waals surface area contributed by atoms with E-state index >= 15 is 0 Å². The van der Waals surface area contributed by atoms with Gasteiger partial charge in [-0.2, -0.15) is 0 Å². The van der Waals surface area contributed by atoms with Crippen molar-refractivity contribution < 1.29 is 19.4 Å². The molecule has 2 N–H and O–H groups in total. The van der Waals surface area contributed by atoms with Crippen molar-refractivity contribution in [3.63, 3.8) is 0 Å². The topological polar surface area (TPSA) is 75.6 Å². The maximum Gasteiger partial charge on any atom is 0.325 e. The summed E-state index contributed by atoms with van der Waals surface area (Å²) >= 11 is 0. The first-order valence-electron chi connectivity index (χ1n) is 6.87. The number of aryl methyl sites for hydroxylation is 1. The number of carbonyl (C=O) groups excluding carboxylic acids is 1. The number of hydrogen-bond donors (Lipinski definition) is 2. The number of carboxylic acids is 1. The Balaban J connectivity index is 2.77. The molecule has 1 amide bonds. The average molecular weight is 293 g/mol. The highest BCUT2D eigenvalue weighted by molar-refractivity contribution is 5.84. The van der Waals surface area contributed by atoms with Crippen LogP contribution in [0.2, 0.25) is 0 Å². The van der Waals surface area contributed by atoms with Gasteiger partial charge in [-0.15, -0.1) is 0 Å². The summed E-state index contributed by atoms with van der Waals surface area (Å²) in [4.78, 5) is 22.4. The van der Waals surface area contributed by atoms with E-state index in [0.29, 0.717) is 5.75 Å². The molecule has 1 aromatic carbocycles. The molecule has 0 saturated heterocycles. The zero-order valence-electron chi connectivity index (χ0n) is 13.2. The Kier molecular flexibility index (Phi) is 5.35. The van der Waals surface area contributed by atoms with Gasteiger partial charge in [0.05, 0.1) is 0 Å². The highest BCUT2D eigenvalue weighted by atomic mass is 16.5. The summed E-state index contributed by atoms with van der Waals surface area (Å²) < 4.78 is 5.58. The quantitative estimate of drug-likeness (QED) is 0.873. The predicted molar refractivity (Wildman–Crippen MR) is 80.6 cm³/mol. The minimum Gasteiger partial charge on any atom is -0.483 e. The van der Waals surface area contributed by atoms with Crippen molar-refractivity contribution >= 4 is 11.9 Å². The molecule has 0 bridgehead atoms. The molecule has 0 aliphatic carbocycles. The molecular weight excluding hydrogens is 270 g/mol. The summed E-state index contributed by atoms with van der Waals surface area (Å²) in [6.45, 7) is 9.36. The molecule has 1 rings (SSSR count). The second-order valence-corrected chi connectivity index (χ2v) is 6.17. The number of rotatable bonds is 5. The first-order chi connectivity index (χ1) is 9.61. The van der Waals surface area contributed by atoms with Crippen molar-refractivity contribution in [2.45, 2.75) is 46.1 Å². The second kappa shape index (κ2) is 6.61. The van der Waals surface area contributed by atoms with Crippen molar-refractivity contribution in [3.05, 3.63) is 29.3 Å². The normalized spacial score (nSPS) is 12.6. The fourth-order valence-electron chi connectivity index (χ4n) is 1.86. The lowest BCUT2D eigenvalue weighted by atomic mass is 9.86. The maximum atomic E-state index is 11.7. The van der Waals surface area contributed by atoms with Crippen LogP contribution in [0.1, 0.15) is 38.8 Å². The Hall–Kier alpha value is -2.04. The number of benzene rings is 1. The second-order valence-electron chi connectivity index (χ2n) is 6.17. The van der Waals surface area contributed by atoms with Crippen LogP contribution in [0.15, 0.2) is 18.2 Å². The lowest BCUT2D eigenvalue weighted by Gasteiger charge is -2.23. The van der Waals surface area contributed by atoms with E-state index in [0.717, 1.165) is 11.1 Å². The highest BCUT2D eigenvalue weighted by Crippen LogP contribution is 2.31. The summed E-state index contributed by atoms with van der Waals surface area (Å²) in [6, 6.07) is 4.94. The van der Waals surface area contributed by atoms with Crippen LogP contribution >= 0.6 is 0 Å². The summed E-state index contributed by atoms with van der Waals surface area (Å²) in [5.41, 5.74) is 1.94. The van der Waals surface area contributed by atoms with E-state index in [4.69, 9.17) is 9.84 Å². The molecule has 1 aromatic rings. The van der Waals surface area contributed by atoms with E-state index in [1.165, 1.54) is 6.92 Å². The number of carbonyl (C=O) groups is 2. The van der Waals surface area contributed by atoms with Crippen LogP contribution in [-0.2, 0) is 15.0 Å². The van der Waals surface area contributed by atoms with Crippen LogP contribution in [-0.4, -0.2) is 29.6 Å². The van der Waals surface area contributed by atoms with Crippen molar-refractivity contribution in [2.75, 3.05) is 6.61 Å². The summed E-state index contributed by atoms with van der Waals surface area (Å²) in [6.07, 6.45) is 0. The largest absolute Gasteiger partial charge is 0.483 e. The summed E-state index contributed by atoms with van der Waals surface area (Å²) in [7, 11) is 0. The molecule has 0 saturated carbocycles. The van der Waals surface area contributed by atoms with Gasteiger partial charge in [0.2, 0.25) is 0 Å². The van der Waals surface area contributed by atoms with Gasteiger partial charge >= 0.3 is 5.97 Å². The lowest BCUT2D eigenvalue weighted by molar-refractivity contribution is -0.141. The Morgan fingerprint density at radius 3 is 2.48 bits per heavy atom. The molecule has 0 radical (unpaired) electrons. The van der Waals surface area contributed by atoms with Gasteiger partial charge in [-0.25, -0.2) is 0 Å². The van der Waals surface area contributed by atoms with Crippen LogP contribution in [0.25, 0.3) is 0 Å². The lowest BCUT2D eigenvalue weighted by Crippen LogP contribution is -2.40. The number of ether oxygens (including phenoxy) is 1. The molecule has 0 aromatic heterocycles. The Bertz CT molecular complexity index is 532. The van der Waals surface area contributed by atoms with Crippen molar-refractivity contribution in [3.8, 4) is 5.75 Å². The first kappa shape index (κ1) is 17.0. The summed E-state index contributed by atoms with van der Waals surface area (Å²) in [5, 5.41) is 11.1. The van der Waals surface area contributed by atoms with Gasteiger partial charge in [0.25, 0.3) is 5.91 Å². The third-order valence-electron chi connectivity index (χ3n) is 3.05. The fourth-order valence-corrected chi connectivity index (χ4v) is 1.86. The molecule has 0 aliphatic heterocycles. The third-order valence-corrected chi connectivity index (χ3v) is 3.05. The minimum atomic E-state index is -1.07. The smallest absolute Gasteiger partial charge is 0.325 e. The summed E-state index contributed by atoms with van der Waals surface area (Å²) in [5.74, 6) is -0.874. The van der Waals surface area contributed by atoms with Crippen molar-refractivity contribution in [2.24, 2.45) is 0 Å². The zero-order chi connectivity index (χ0) is 16.2. The molecule has 116 valence electrons. The molecule has 0 spiro atoms. The molecule has 0 aliphatic rings. The predicted octanol–water partition coefficient (Wildman–Crippen LogP) is 2.26. The van der Waals surface area contributed by atoms with Crippen molar-refractivity contribution in [1.82, 2.24) is 5.32 Å². The molecule has 5 nitrogen and oxygen atoms in total. The van der Waals surface area contributed by atoms with Crippen LogP contribution in [0.4, 0.5) is 0 Å². The third kappa shape index (κ3) is 5.10. The molecule has 5 heteroatoms. The van der Waals surface area contributed by atoms with Crippen molar-refractivity contribution in [1.29, 1.82) is 0 Å². The van der Waals surface area contributed by atoms with Gasteiger partial charge in [-0.3, -0.25) is 9.59 Å². The molecule has 1 atom stereocenters. The van der Waals surface area contributed by atoms with Gasteiger partial charge in [0.15, 0.2) is 6.61 Å². The first-order valence-corrected chi connectivity index (χ1v) is 6.87.